The SMILES string of the molecule is CN1C2CCCCC2C(C)(C)[C@@]12CC[C@@H]1CC([N+](=O)[O-])CCC1O2. The lowest BCUT2D eigenvalue weighted by Gasteiger charge is -2.54. The molecule has 2 heterocycles. The molecule has 2 saturated carbocycles. The highest BCUT2D eigenvalue weighted by Gasteiger charge is 2.65. The van der Waals surface area contributed by atoms with E-state index in [1.807, 2.05) is 0 Å². The molecule has 0 aromatic heterocycles. The van der Waals surface area contributed by atoms with Gasteiger partial charge in [-0.3, -0.25) is 15.0 Å². The molecular weight excluding hydrogens is 304 g/mol. The highest BCUT2D eigenvalue weighted by Crippen LogP contribution is 2.61. The molecule has 0 aromatic rings. The summed E-state index contributed by atoms with van der Waals surface area (Å²) in [4.78, 5) is 13.7. The smallest absolute Gasteiger partial charge is 0.213 e. The van der Waals surface area contributed by atoms with Crippen molar-refractivity contribution in [2.75, 3.05) is 7.05 Å². The average Bonchev–Trinajstić information content (AvgIpc) is 2.74. The second-order valence-corrected chi connectivity index (χ2v) is 9.28. The summed E-state index contributed by atoms with van der Waals surface area (Å²) in [5.41, 5.74) is 0.00700. The van der Waals surface area contributed by atoms with Crippen LogP contribution in [0.4, 0.5) is 0 Å². The molecule has 2 saturated heterocycles. The molecule has 4 unspecified atom stereocenters. The van der Waals surface area contributed by atoms with Crippen molar-refractivity contribution in [1.29, 1.82) is 0 Å². The molecule has 24 heavy (non-hydrogen) atoms. The first kappa shape index (κ1) is 16.8. The van der Waals surface area contributed by atoms with E-state index < -0.39 is 0 Å². The number of ether oxygens (including phenoxy) is 1. The molecule has 5 nitrogen and oxygen atoms in total. The van der Waals surface area contributed by atoms with Crippen LogP contribution >= 0.6 is 0 Å². The first-order chi connectivity index (χ1) is 11.4. The predicted molar refractivity (Wildman–Crippen MR) is 92.3 cm³/mol. The third kappa shape index (κ3) is 2.20. The monoisotopic (exact) mass is 336 g/mol. The van der Waals surface area contributed by atoms with Crippen LogP contribution in [-0.4, -0.2) is 40.8 Å². The number of nitro groups is 1. The van der Waals surface area contributed by atoms with Gasteiger partial charge in [0.1, 0.15) is 5.72 Å². The molecule has 0 aromatic carbocycles. The summed E-state index contributed by atoms with van der Waals surface area (Å²) in [7, 11) is 2.28. The van der Waals surface area contributed by atoms with Crippen LogP contribution in [0, 0.1) is 27.4 Å². The van der Waals surface area contributed by atoms with Crippen molar-refractivity contribution in [3.05, 3.63) is 10.1 Å². The predicted octanol–water partition coefficient (Wildman–Crippen LogP) is 3.84. The number of hydrogen-bond acceptors (Lipinski definition) is 4. The van der Waals surface area contributed by atoms with Crippen LogP contribution < -0.4 is 0 Å². The minimum Gasteiger partial charge on any atom is -0.356 e. The summed E-state index contributed by atoms with van der Waals surface area (Å²) in [6.07, 6.45) is 9.91. The summed E-state index contributed by atoms with van der Waals surface area (Å²) in [5, 5.41) is 11.2. The molecule has 4 aliphatic rings. The van der Waals surface area contributed by atoms with Gasteiger partial charge in [0, 0.05) is 29.2 Å². The van der Waals surface area contributed by atoms with Crippen molar-refractivity contribution in [1.82, 2.24) is 4.90 Å². The quantitative estimate of drug-likeness (QED) is 0.539. The van der Waals surface area contributed by atoms with Gasteiger partial charge in [-0.2, -0.15) is 0 Å². The standard InChI is InChI=1S/C19H32N2O3/c1-18(2)15-6-4-5-7-16(15)20(3)19(18)11-10-13-12-14(21(22)23)8-9-17(13)24-19/h13-17H,4-12H2,1-3H3/t13-,14?,15?,16?,17?,19+/m1/s1. The zero-order valence-electron chi connectivity index (χ0n) is 15.4. The number of fused-ring (bicyclic) bond motifs is 2. The summed E-state index contributed by atoms with van der Waals surface area (Å²) < 4.78 is 6.89. The minimum absolute atomic E-state index is 0.0687. The van der Waals surface area contributed by atoms with Crippen LogP contribution in [0.1, 0.15) is 71.6 Å². The molecule has 2 aliphatic carbocycles. The molecule has 0 radical (unpaired) electrons. The first-order valence-electron chi connectivity index (χ1n) is 9.91. The Hall–Kier alpha value is -0.680. The van der Waals surface area contributed by atoms with Gasteiger partial charge < -0.3 is 4.74 Å². The van der Waals surface area contributed by atoms with Crippen LogP contribution in [-0.2, 0) is 4.74 Å². The second-order valence-electron chi connectivity index (χ2n) is 9.28. The van der Waals surface area contributed by atoms with Crippen LogP contribution in [0.2, 0.25) is 0 Å². The number of hydrogen-bond donors (Lipinski definition) is 0. The zero-order chi connectivity index (χ0) is 17.1. The Labute approximate surface area is 145 Å². The van der Waals surface area contributed by atoms with Crippen LogP contribution in [0.15, 0.2) is 0 Å². The van der Waals surface area contributed by atoms with Gasteiger partial charge in [-0.25, -0.2) is 0 Å². The molecule has 4 rings (SSSR count). The fourth-order valence-corrected chi connectivity index (χ4v) is 6.71. The number of nitrogens with zero attached hydrogens (tertiary/aromatic N) is 2. The lowest BCUT2D eigenvalue weighted by atomic mass is 9.65. The summed E-state index contributed by atoms with van der Waals surface area (Å²) in [6, 6.07) is 0.307. The number of likely N-dealkylation sites (tertiary alicyclic amines) is 1. The van der Waals surface area contributed by atoms with Gasteiger partial charge in [-0.15, -0.1) is 0 Å². The Morgan fingerprint density at radius 2 is 1.88 bits per heavy atom. The van der Waals surface area contributed by atoms with Crippen LogP contribution in [0.25, 0.3) is 0 Å². The Balaban J connectivity index is 1.57. The van der Waals surface area contributed by atoms with Crippen molar-refractivity contribution in [3.63, 3.8) is 0 Å². The molecule has 5 heteroatoms. The van der Waals surface area contributed by atoms with E-state index in [0.717, 1.165) is 25.2 Å². The van der Waals surface area contributed by atoms with Crippen LogP contribution in [0.3, 0.4) is 0 Å². The van der Waals surface area contributed by atoms with E-state index >= 15 is 0 Å². The molecule has 0 N–H and O–H groups in total. The highest BCUT2D eigenvalue weighted by atomic mass is 16.6. The van der Waals surface area contributed by atoms with Gasteiger partial charge in [-0.1, -0.05) is 26.7 Å². The molecule has 0 amide bonds. The van der Waals surface area contributed by atoms with E-state index in [0.29, 0.717) is 24.8 Å². The van der Waals surface area contributed by atoms with E-state index in [9.17, 15) is 10.1 Å². The molecule has 2 aliphatic heterocycles. The van der Waals surface area contributed by atoms with Gasteiger partial charge in [0.25, 0.3) is 0 Å². The minimum atomic E-state index is -0.346. The molecule has 0 bridgehead atoms. The molecule has 6 atom stereocenters. The molecule has 136 valence electrons. The molecular formula is C19H32N2O3. The maximum Gasteiger partial charge on any atom is 0.213 e. The largest absolute Gasteiger partial charge is 0.356 e. The average molecular weight is 336 g/mol. The van der Waals surface area contributed by atoms with Crippen molar-refractivity contribution in [2.45, 2.75) is 95.5 Å². The van der Waals surface area contributed by atoms with Gasteiger partial charge in [0.15, 0.2) is 0 Å². The third-order valence-electron chi connectivity index (χ3n) is 8.11. The first-order valence-corrected chi connectivity index (χ1v) is 9.91. The Kier molecular flexibility index (Phi) is 3.96. The van der Waals surface area contributed by atoms with E-state index in [2.05, 4.69) is 25.8 Å². The van der Waals surface area contributed by atoms with E-state index in [4.69, 9.17) is 4.74 Å². The Morgan fingerprint density at radius 1 is 1.12 bits per heavy atom. The van der Waals surface area contributed by atoms with Crippen molar-refractivity contribution >= 4 is 0 Å². The van der Waals surface area contributed by atoms with Gasteiger partial charge in [0.2, 0.25) is 6.04 Å². The van der Waals surface area contributed by atoms with Gasteiger partial charge in [-0.05, 0) is 51.0 Å². The van der Waals surface area contributed by atoms with Crippen LogP contribution in [0.5, 0.6) is 0 Å². The van der Waals surface area contributed by atoms with Crippen molar-refractivity contribution in [3.8, 4) is 0 Å². The fourth-order valence-electron chi connectivity index (χ4n) is 6.71. The van der Waals surface area contributed by atoms with Gasteiger partial charge >= 0.3 is 0 Å². The van der Waals surface area contributed by atoms with E-state index in [1.54, 1.807) is 0 Å². The maximum absolute atomic E-state index is 11.2. The second kappa shape index (κ2) is 5.66. The Bertz CT molecular complexity index is 523. The fraction of sp³-hybridized carbons (Fsp3) is 1.00. The highest BCUT2D eigenvalue weighted by molar-refractivity contribution is 5.12. The Morgan fingerprint density at radius 3 is 2.58 bits per heavy atom. The van der Waals surface area contributed by atoms with Crippen molar-refractivity contribution in [2.24, 2.45) is 17.3 Å². The summed E-state index contributed by atoms with van der Waals surface area (Å²) in [5.74, 6) is 1.11. The topological polar surface area (TPSA) is 55.6 Å². The molecule has 4 fully saturated rings. The normalized spacial score (nSPS) is 48.0. The van der Waals surface area contributed by atoms with Crippen molar-refractivity contribution < 1.29 is 9.66 Å². The van der Waals surface area contributed by atoms with Gasteiger partial charge in [0.05, 0.1) is 6.10 Å². The summed E-state index contributed by atoms with van der Waals surface area (Å²) in [6.45, 7) is 4.84. The number of rotatable bonds is 1. The molecule has 1 spiro atoms. The van der Waals surface area contributed by atoms with E-state index in [1.165, 1.54) is 25.7 Å². The maximum atomic E-state index is 11.2. The third-order valence-corrected chi connectivity index (χ3v) is 8.11. The summed E-state index contributed by atoms with van der Waals surface area (Å²) >= 11 is 0. The lowest BCUT2D eigenvalue weighted by Crippen LogP contribution is -2.60. The lowest BCUT2D eigenvalue weighted by molar-refractivity contribution is -0.530. The van der Waals surface area contributed by atoms with E-state index in [-0.39, 0.29) is 28.2 Å². The zero-order valence-corrected chi connectivity index (χ0v) is 15.4.